The van der Waals surface area contributed by atoms with E-state index in [2.05, 4.69) is 10.3 Å². The molecule has 2 atom stereocenters. The SMILES string of the molecule is CCO[C@H]1CN(c2cc(C(=O)CCCF)c(C(=O)O)s2)CC[C@H]1NC(=O)C1=NC(Cl)=C(CC)C1. The van der Waals surface area contributed by atoms with Crippen molar-refractivity contribution in [2.75, 3.05) is 31.3 Å². The Morgan fingerprint density at radius 1 is 1.38 bits per heavy atom. The summed E-state index contributed by atoms with van der Waals surface area (Å²) in [5.41, 5.74) is 1.44. The average Bonchev–Trinajstić information content (AvgIpc) is 3.43. The third kappa shape index (κ3) is 6.03. The van der Waals surface area contributed by atoms with Crippen molar-refractivity contribution >= 4 is 51.3 Å². The van der Waals surface area contributed by atoms with E-state index in [4.69, 9.17) is 16.3 Å². The molecule has 0 unspecified atom stereocenters. The lowest BCUT2D eigenvalue weighted by Crippen LogP contribution is -2.56. The second-order valence-corrected chi connectivity index (χ2v) is 9.53. The number of rotatable bonds is 11. The lowest BCUT2D eigenvalue weighted by atomic mass is 10.0. The number of thiophene rings is 1. The minimum absolute atomic E-state index is 0.0366. The van der Waals surface area contributed by atoms with Gasteiger partial charge in [0.2, 0.25) is 0 Å². The van der Waals surface area contributed by atoms with E-state index in [0.29, 0.717) is 48.4 Å². The van der Waals surface area contributed by atoms with Crippen molar-refractivity contribution in [2.45, 2.75) is 58.1 Å². The maximum absolute atomic E-state index is 12.8. The molecule has 34 heavy (non-hydrogen) atoms. The van der Waals surface area contributed by atoms with Crippen LogP contribution in [0.2, 0.25) is 0 Å². The number of ether oxygens (including phenoxy) is 1. The summed E-state index contributed by atoms with van der Waals surface area (Å²) in [6.45, 7) is 4.60. The van der Waals surface area contributed by atoms with Crippen LogP contribution in [0.25, 0.3) is 0 Å². The number of carboxylic acid groups (broad SMARTS) is 1. The number of allylic oxidation sites excluding steroid dienone is 1. The van der Waals surface area contributed by atoms with Crippen molar-refractivity contribution < 1.29 is 28.6 Å². The third-order valence-corrected chi connectivity index (χ3v) is 7.45. The van der Waals surface area contributed by atoms with Crippen molar-refractivity contribution in [1.82, 2.24) is 5.32 Å². The van der Waals surface area contributed by atoms with Gasteiger partial charge >= 0.3 is 5.97 Å². The largest absolute Gasteiger partial charge is 0.477 e. The summed E-state index contributed by atoms with van der Waals surface area (Å²) in [4.78, 5) is 43.0. The van der Waals surface area contributed by atoms with Crippen LogP contribution in [0, 0.1) is 0 Å². The van der Waals surface area contributed by atoms with E-state index < -0.39 is 12.6 Å². The van der Waals surface area contributed by atoms with Gasteiger partial charge in [-0.15, -0.1) is 11.3 Å². The van der Waals surface area contributed by atoms with Gasteiger partial charge in [-0.25, -0.2) is 9.79 Å². The number of piperidine rings is 1. The van der Waals surface area contributed by atoms with Crippen molar-refractivity contribution in [3.8, 4) is 0 Å². The Hall–Kier alpha value is -2.30. The predicted octanol–water partition coefficient (Wildman–Crippen LogP) is 4.18. The number of carbonyl (C=O) groups excluding carboxylic acids is 2. The number of nitrogens with zero attached hydrogens (tertiary/aromatic N) is 2. The lowest BCUT2D eigenvalue weighted by Gasteiger charge is -2.39. The molecule has 0 aliphatic carbocycles. The third-order valence-electron chi connectivity index (χ3n) is 5.91. The maximum atomic E-state index is 12.8. The van der Waals surface area contributed by atoms with E-state index in [-0.39, 0.29) is 47.1 Å². The molecule has 1 amide bonds. The van der Waals surface area contributed by atoms with Crippen LogP contribution in [-0.4, -0.2) is 67.0 Å². The zero-order chi connectivity index (χ0) is 24.8. The molecule has 2 aliphatic rings. The second kappa shape index (κ2) is 11.9. The normalized spacial score (nSPS) is 20.5. The monoisotopic (exact) mass is 513 g/mol. The number of anilines is 1. The molecule has 1 aromatic heterocycles. The number of carbonyl (C=O) groups is 3. The fraction of sp³-hybridized carbons (Fsp3) is 0.565. The van der Waals surface area contributed by atoms with Gasteiger partial charge < -0.3 is 20.1 Å². The molecule has 3 heterocycles. The number of Topliss-reactive ketones (excluding diaryl/α,β-unsaturated/α-hetero) is 1. The summed E-state index contributed by atoms with van der Waals surface area (Å²) in [5.74, 6) is -1.83. The lowest BCUT2D eigenvalue weighted by molar-refractivity contribution is -0.117. The Kier molecular flexibility index (Phi) is 9.21. The molecule has 1 aromatic rings. The van der Waals surface area contributed by atoms with E-state index in [1.807, 2.05) is 18.7 Å². The molecular weight excluding hydrogens is 485 g/mol. The van der Waals surface area contributed by atoms with Crippen molar-refractivity contribution in [1.29, 1.82) is 0 Å². The topological polar surface area (TPSA) is 108 Å². The summed E-state index contributed by atoms with van der Waals surface area (Å²) in [6, 6.07) is 1.32. The van der Waals surface area contributed by atoms with Crippen LogP contribution in [0.4, 0.5) is 9.39 Å². The molecule has 186 valence electrons. The molecule has 11 heteroatoms. The number of alkyl halides is 1. The Morgan fingerprint density at radius 2 is 2.15 bits per heavy atom. The molecule has 0 radical (unpaired) electrons. The van der Waals surface area contributed by atoms with Gasteiger partial charge in [0.25, 0.3) is 5.91 Å². The van der Waals surface area contributed by atoms with E-state index >= 15 is 0 Å². The first-order chi connectivity index (χ1) is 16.3. The highest BCUT2D eigenvalue weighted by Gasteiger charge is 2.34. The highest BCUT2D eigenvalue weighted by molar-refractivity contribution is 7.18. The number of nitrogens with one attached hydrogen (secondary N) is 1. The van der Waals surface area contributed by atoms with Gasteiger partial charge in [0.15, 0.2) is 5.78 Å². The Labute approximate surface area is 206 Å². The van der Waals surface area contributed by atoms with Crippen LogP contribution in [0.3, 0.4) is 0 Å². The number of aliphatic imine (C=N–C) groups is 1. The molecule has 0 aromatic carbocycles. The molecule has 0 bridgehead atoms. The van der Waals surface area contributed by atoms with Crippen LogP contribution in [0.5, 0.6) is 0 Å². The minimum atomic E-state index is -1.18. The van der Waals surface area contributed by atoms with E-state index in [1.165, 1.54) is 0 Å². The van der Waals surface area contributed by atoms with Crippen LogP contribution >= 0.6 is 22.9 Å². The summed E-state index contributed by atoms with van der Waals surface area (Å²) in [5, 5.41) is 13.6. The van der Waals surface area contributed by atoms with Crippen molar-refractivity contribution in [2.24, 2.45) is 4.99 Å². The maximum Gasteiger partial charge on any atom is 0.346 e. The van der Waals surface area contributed by atoms with Gasteiger partial charge in [0.1, 0.15) is 15.7 Å². The van der Waals surface area contributed by atoms with Crippen molar-refractivity contribution in [3.05, 3.63) is 27.2 Å². The number of halogens is 2. The smallest absolute Gasteiger partial charge is 0.346 e. The van der Waals surface area contributed by atoms with Crippen LogP contribution in [-0.2, 0) is 9.53 Å². The van der Waals surface area contributed by atoms with E-state index in [9.17, 15) is 23.9 Å². The predicted molar refractivity (Wildman–Crippen MR) is 130 cm³/mol. The van der Waals surface area contributed by atoms with E-state index in [1.54, 1.807) is 6.07 Å². The summed E-state index contributed by atoms with van der Waals surface area (Å²) in [7, 11) is 0. The molecule has 0 spiro atoms. The average molecular weight is 514 g/mol. The van der Waals surface area contributed by atoms with Gasteiger partial charge in [-0.05, 0) is 37.8 Å². The highest BCUT2D eigenvalue weighted by atomic mass is 35.5. The van der Waals surface area contributed by atoms with Crippen LogP contribution in [0.1, 0.15) is 66.0 Å². The molecular formula is C23H29ClFN3O5S. The zero-order valence-electron chi connectivity index (χ0n) is 19.2. The zero-order valence-corrected chi connectivity index (χ0v) is 20.8. The van der Waals surface area contributed by atoms with Gasteiger partial charge in [-0.3, -0.25) is 14.0 Å². The second-order valence-electron chi connectivity index (χ2n) is 8.14. The van der Waals surface area contributed by atoms with Gasteiger partial charge in [-0.1, -0.05) is 18.5 Å². The van der Waals surface area contributed by atoms with Gasteiger partial charge in [-0.2, -0.15) is 0 Å². The fourth-order valence-corrected chi connectivity index (χ4v) is 5.45. The summed E-state index contributed by atoms with van der Waals surface area (Å²) in [6.07, 6.45) is 1.43. The molecule has 2 N–H and O–H groups in total. The number of amides is 1. The molecule has 2 aliphatic heterocycles. The van der Waals surface area contributed by atoms with E-state index in [0.717, 1.165) is 23.3 Å². The summed E-state index contributed by atoms with van der Waals surface area (Å²) >= 11 is 7.13. The van der Waals surface area contributed by atoms with Crippen LogP contribution < -0.4 is 10.2 Å². The first-order valence-corrected chi connectivity index (χ1v) is 12.6. The van der Waals surface area contributed by atoms with Gasteiger partial charge in [0.05, 0.1) is 23.8 Å². The summed E-state index contributed by atoms with van der Waals surface area (Å²) < 4.78 is 18.4. The van der Waals surface area contributed by atoms with Crippen molar-refractivity contribution in [3.63, 3.8) is 0 Å². The number of carboxylic acids is 1. The minimum Gasteiger partial charge on any atom is -0.477 e. The number of hydrogen-bond acceptors (Lipinski definition) is 7. The fourth-order valence-electron chi connectivity index (χ4n) is 4.09. The first-order valence-electron chi connectivity index (χ1n) is 11.4. The molecule has 8 nitrogen and oxygen atoms in total. The number of aromatic carboxylic acids is 1. The molecule has 3 rings (SSSR count). The Balaban J connectivity index is 1.71. The molecule has 1 saturated heterocycles. The standard InChI is InChI=1S/C23H29ClFN3O5S/c1-3-13-10-16(26-21(13)24)22(30)27-15-7-9-28(12-18(15)33-4-2)19-11-14(17(29)6-5-8-25)20(34-19)23(31)32/h11,15,18H,3-10,12H2,1-2H3,(H,27,30)(H,31,32)/t15-,18+/m1/s1. The highest BCUT2D eigenvalue weighted by Crippen LogP contribution is 2.34. The number of hydrogen-bond donors (Lipinski definition) is 2. The Morgan fingerprint density at radius 3 is 2.76 bits per heavy atom. The number of ketones is 1. The quantitative estimate of drug-likeness (QED) is 0.339. The first kappa shape index (κ1) is 26.3. The van der Waals surface area contributed by atoms with Crippen LogP contribution in [0.15, 0.2) is 21.8 Å². The van der Waals surface area contributed by atoms with Gasteiger partial charge in [0, 0.05) is 38.1 Å². The molecule has 1 fully saturated rings. The molecule has 0 saturated carbocycles. The Bertz CT molecular complexity index is 1010.